The summed E-state index contributed by atoms with van der Waals surface area (Å²) in [5.74, 6) is 0. The first-order valence-electron chi connectivity index (χ1n) is 6.34. The Morgan fingerprint density at radius 3 is 2.86 bits per heavy atom. The van der Waals surface area contributed by atoms with Gasteiger partial charge in [0, 0.05) is 30.0 Å². The molecule has 3 rings (SSSR count). The first-order valence-corrected chi connectivity index (χ1v) is 7.82. The predicted molar refractivity (Wildman–Crippen MR) is 81.2 cm³/mol. The molecule has 1 aromatic carbocycles. The molecule has 0 aliphatic rings. The number of aromatic nitrogens is 2. The van der Waals surface area contributed by atoms with Gasteiger partial charge in [-0.05, 0) is 30.3 Å². The fourth-order valence-electron chi connectivity index (χ4n) is 2.09. The van der Waals surface area contributed by atoms with Gasteiger partial charge < -0.3 is 10.7 Å². The molecule has 2 aromatic heterocycles. The predicted octanol–water partition coefficient (Wildman–Crippen LogP) is 1.82. The van der Waals surface area contributed by atoms with E-state index in [1.165, 1.54) is 12.3 Å². The quantitative estimate of drug-likeness (QED) is 0.684. The number of pyridine rings is 1. The van der Waals surface area contributed by atoms with Crippen molar-refractivity contribution >= 4 is 26.6 Å². The molecule has 0 spiro atoms. The minimum atomic E-state index is -3.66. The summed E-state index contributed by atoms with van der Waals surface area (Å²) in [4.78, 5) is 7.19. The standard InChI is InChI=1S/C14H14N4O2S/c15-8-10-7-11(9-17-10)21(19,20)18-14-5-1-4-13-12(14)3-2-6-16-13/h1-7,9,17-18H,8,15H2. The average Bonchev–Trinajstić information content (AvgIpc) is 2.97. The van der Waals surface area contributed by atoms with E-state index in [1.807, 2.05) is 12.1 Å². The average molecular weight is 302 g/mol. The van der Waals surface area contributed by atoms with Crippen molar-refractivity contribution in [1.29, 1.82) is 0 Å². The topological polar surface area (TPSA) is 101 Å². The van der Waals surface area contributed by atoms with E-state index in [2.05, 4.69) is 14.7 Å². The van der Waals surface area contributed by atoms with Crippen LogP contribution in [-0.4, -0.2) is 18.4 Å². The molecular formula is C14H14N4O2S. The Kier molecular flexibility index (Phi) is 3.36. The maximum atomic E-state index is 12.4. The Morgan fingerprint density at radius 2 is 2.10 bits per heavy atom. The van der Waals surface area contributed by atoms with Crippen LogP contribution in [0.15, 0.2) is 53.7 Å². The van der Waals surface area contributed by atoms with Crippen molar-refractivity contribution < 1.29 is 8.42 Å². The number of sulfonamides is 1. The van der Waals surface area contributed by atoms with Crippen LogP contribution < -0.4 is 10.5 Å². The highest BCUT2D eigenvalue weighted by Gasteiger charge is 2.17. The number of aromatic amines is 1. The summed E-state index contributed by atoms with van der Waals surface area (Å²) in [5, 5.41) is 0.748. The number of benzene rings is 1. The number of rotatable bonds is 4. The van der Waals surface area contributed by atoms with Crippen molar-refractivity contribution in [2.75, 3.05) is 4.72 Å². The second-order valence-corrected chi connectivity index (χ2v) is 6.23. The van der Waals surface area contributed by atoms with Crippen LogP contribution in [0.5, 0.6) is 0 Å². The summed E-state index contributed by atoms with van der Waals surface area (Å²) in [5.41, 5.74) is 7.37. The van der Waals surface area contributed by atoms with Gasteiger partial charge in [0.1, 0.15) is 4.90 Å². The summed E-state index contributed by atoms with van der Waals surface area (Å²) in [6.07, 6.45) is 3.09. The van der Waals surface area contributed by atoms with E-state index < -0.39 is 10.0 Å². The molecule has 0 saturated heterocycles. The molecule has 0 amide bonds. The summed E-state index contributed by atoms with van der Waals surface area (Å²) in [6, 6.07) is 10.4. The fraction of sp³-hybridized carbons (Fsp3) is 0.0714. The van der Waals surface area contributed by atoms with Gasteiger partial charge in [-0.25, -0.2) is 8.42 Å². The van der Waals surface area contributed by atoms with E-state index in [0.29, 0.717) is 11.4 Å². The Labute approximate surface area is 122 Å². The van der Waals surface area contributed by atoms with E-state index >= 15 is 0 Å². The number of nitrogens with one attached hydrogen (secondary N) is 2. The lowest BCUT2D eigenvalue weighted by Crippen LogP contribution is -2.12. The number of H-pyrrole nitrogens is 1. The lowest BCUT2D eigenvalue weighted by molar-refractivity contribution is 0.601. The molecule has 0 fully saturated rings. The number of nitrogens with two attached hydrogens (primary N) is 1. The Hall–Kier alpha value is -2.38. The second-order valence-electron chi connectivity index (χ2n) is 4.55. The van der Waals surface area contributed by atoms with Crippen molar-refractivity contribution in [2.24, 2.45) is 5.73 Å². The van der Waals surface area contributed by atoms with Gasteiger partial charge in [0.05, 0.1) is 11.2 Å². The fourth-order valence-corrected chi connectivity index (χ4v) is 3.18. The van der Waals surface area contributed by atoms with Crippen LogP contribution in [0.1, 0.15) is 5.69 Å². The summed E-state index contributed by atoms with van der Waals surface area (Å²) >= 11 is 0. The number of nitrogens with zero attached hydrogens (tertiary/aromatic N) is 1. The van der Waals surface area contributed by atoms with Crippen LogP contribution in [-0.2, 0) is 16.6 Å². The minimum Gasteiger partial charge on any atom is -0.363 e. The zero-order chi connectivity index (χ0) is 14.9. The number of hydrogen-bond donors (Lipinski definition) is 3. The highest BCUT2D eigenvalue weighted by atomic mass is 32.2. The van der Waals surface area contributed by atoms with E-state index in [-0.39, 0.29) is 11.4 Å². The molecule has 108 valence electrons. The SMILES string of the molecule is NCc1cc(S(=O)(=O)Nc2cccc3ncccc23)c[nH]1. The molecule has 3 aromatic rings. The van der Waals surface area contributed by atoms with Gasteiger partial charge in [-0.1, -0.05) is 6.07 Å². The van der Waals surface area contributed by atoms with E-state index in [4.69, 9.17) is 5.73 Å². The Morgan fingerprint density at radius 1 is 1.24 bits per heavy atom. The maximum absolute atomic E-state index is 12.4. The van der Waals surface area contributed by atoms with Gasteiger partial charge in [-0.3, -0.25) is 9.71 Å². The molecule has 0 saturated carbocycles. The molecule has 0 aliphatic heterocycles. The van der Waals surface area contributed by atoms with Crippen molar-refractivity contribution in [3.63, 3.8) is 0 Å². The zero-order valence-electron chi connectivity index (χ0n) is 11.1. The summed E-state index contributed by atoms with van der Waals surface area (Å²) < 4.78 is 27.4. The molecule has 21 heavy (non-hydrogen) atoms. The first-order chi connectivity index (χ1) is 10.1. The van der Waals surface area contributed by atoms with Crippen molar-refractivity contribution in [3.05, 3.63) is 54.5 Å². The normalized spacial score (nSPS) is 11.7. The smallest absolute Gasteiger partial charge is 0.263 e. The van der Waals surface area contributed by atoms with Crippen molar-refractivity contribution in [3.8, 4) is 0 Å². The molecule has 0 atom stereocenters. The van der Waals surface area contributed by atoms with Crippen LogP contribution in [0.3, 0.4) is 0 Å². The summed E-state index contributed by atoms with van der Waals surface area (Å²) in [6.45, 7) is 0.258. The molecule has 0 unspecified atom stereocenters. The van der Waals surface area contributed by atoms with Gasteiger partial charge in [-0.15, -0.1) is 0 Å². The first kappa shape index (κ1) is 13.6. The highest BCUT2D eigenvalue weighted by molar-refractivity contribution is 7.92. The lowest BCUT2D eigenvalue weighted by Gasteiger charge is -2.09. The lowest BCUT2D eigenvalue weighted by atomic mass is 10.2. The van der Waals surface area contributed by atoms with Crippen LogP contribution in [0.25, 0.3) is 10.9 Å². The third kappa shape index (κ3) is 2.61. The van der Waals surface area contributed by atoms with Gasteiger partial charge >= 0.3 is 0 Å². The molecule has 0 radical (unpaired) electrons. The maximum Gasteiger partial charge on any atom is 0.263 e. The highest BCUT2D eigenvalue weighted by Crippen LogP contribution is 2.24. The Balaban J connectivity index is 2.01. The molecular weight excluding hydrogens is 288 g/mol. The third-order valence-electron chi connectivity index (χ3n) is 3.14. The molecule has 0 bridgehead atoms. The van der Waals surface area contributed by atoms with Crippen LogP contribution in [0, 0.1) is 0 Å². The number of anilines is 1. The molecule has 6 nitrogen and oxygen atoms in total. The van der Waals surface area contributed by atoms with Crippen LogP contribution in [0.2, 0.25) is 0 Å². The monoisotopic (exact) mass is 302 g/mol. The van der Waals surface area contributed by atoms with Gasteiger partial charge in [0.2, 0.25) is 0 Å². The van der Waals surface area contributed by atoms with Gasteiger partial charge in [-0.2, -0.15) is 0 Å². The number of hydrogen-bond acceptors (Lipinski definition) is 4. The molecule has 4 N–H and O–H groups in total. The zero-order valence-corrected chi connectivity index (χ0v) is 11.9. The van der Waals surface area contributed by atoms with Crippen molar-refractivity contribution in [1.82, 2.24) is 9.97 Å². The van der Waals surface area contributed by atoms with Gasteiger partial charge in [0.25, 0.3) is 10.0 Å². The van der Waals surface area contributed by atoms with E-state index in [0.717, 1.165) is 10.9 Å². The Bertz CT molecular complexity index is 881. The largest absolute Gasteiger partial charge is 0.363 e. The number of fused-ring (bicyclic) bond motifs is 1. The second kappa shape index (κ2) is 5.19. The molecule has 0 aliphatic carbocycles. The third-order valence-corrected chi connectivity index (χ3v) is 4.48. The minimum absolute atomic E-state index is 0.156. The van der Waals surface area contributed by atoms with E-state index in [9.17, 15) is 8.42 Å². The molecule has 7 heteroatoms. The van der Waals surface area contributed by atoms with E-state index in [1.54, 1.807) is 24.4 Å². The van der Waals surface area contributed by atoms with Crippen molar-refractivity contribution in [2.45, 2.75) is 11.4 Å². The summed E-state index contributed by atoms with van der Waals surface area (Å²) in [7, 11) is -3.66. The van der Waals surface area contributed by atoms with Crippen LogP contribution >= 0.6 is 0 Å². The van der Waals surface area contributed by atoms with Gasteiger partial charge in [0.15, 0.2) is 0 Å². The molecule has 2 heterocycles. The van der Waals surface area contributed by atoms with Crippen LogP contribution in [0.4, 0.5) is 5.69 Å².